The summed E-state index contributed by atoms with van der Waals surface area (Å²) in [6.07, 6.45) is 0.868. The minimum Gasteiger partial charge on any atom is -0.497 e. The zero-order chi connectivity index (χ0) is 28.9. The number of nitrogens with zero attached hydrogens (tertiary/aromatic N) is 2. The molecule has 1 fully saturated rings. The Labute approximate surface area is 229 Å². The van der Waals surface area contributed by atoms with Crippen molar-refractivity contribution in [3.8, 4) is 17.6 Å². The van der Waals surface area contributed by atoms with Crippen molar-refractivity contribution in [3.63, 3.8) is 0 Å². The molecule has 4 rings (SSSR count). The first-order valence-electron chi connectivity index (χ1n) is 12.8. The summed E-state index contributed by atoms with van der Waals surface area (Å²) in [5.41, 5.74) is 7.63. The zero-order valence-corrected chi connectivity index (χ0v) is 21.9. The Bertz CT molecular complexity index is 1420. The number of methoxy groups -OCH3 is 1. The summed E-state index contributed by atoms with van der Waals surface area (Å²) in [5.74, 6) is 1.85. The molecule has 0 saturated carbocycles. The Morgan fingerprint density at radius 3 is 2.55 bits per heavy atom. The van der Waals surface area contributed by atoms with Crippen LogP contribution >= 0.6 is 0 Å². The maximum absolute atomic E-state index is 15.9. The van der Waals surface area contributed by atoms with Gasteiger partial charge < -0.3 is 10.5 Å². The lowest BCUT2D eigenvalue weighted by molar-refractivity contribution is -0.143. The van der Waals surface area contributed by atoms with Crippen LogP contribution in [0, 0.1) is 34.7 Å². The number of ether oxygens (including phenoxy) is 1. The number of aromatic nitrogens is 1. The molecule has 0 radical (unpaired) electrons. The van der Waals surface area contributed by atoms with Gasteiger partial charge >= 0.3 is 0 Å². The third-order valence-electron chi connectivity index (χ3n) is 7.53. The van der Waals surface area contributed by atoms with E-state index in [9.17, 15) is 23.2 Å². The summed E-state index contributed by atoms with van der Waals surface area (Å²) in [6.45, 7) is 1.01. The number of carbonyl (C=O) groups is 1. The standard InChI is InChI=1S/C29H30F4N4O3/c1-40-20-4-5-26-22(15-20)27(18(16-34)17-35-26)23(31)6-7-29(28(38)36-39)8-11-37(12-9-29)10-2-3-21-24(32)13-19(30)14-25(21)33/h4-5,13-15,17,23,39H,6-12,16,34H2,1H3,(H,36,38). The van der Waals surface area contributed by atoms with Crippen molar-refractivity contribution in [1.82, 2.24) is 15.4 Å². The number of nitrogens with one attached hydrogen (secondary N) is 1. The molecule has 1 unspecified atom stereocenters. The predicted octanol–water partition coefficient (Wildman–Crippen LogP) is 4.55. The van der Waals surface area contributed by atoms with Gasteiger partial charge in [0.15, 0.2) is 0 Å². The van der Waals surface area contributed by atoms with Crippen LogP contribution in [0.2, 0.25) is 0 Å². The first-order valence-corrected chi connectivity index (χ1v) is 12.8. The van der Waals surface area contributed by atoms with Gasteiger partial charge in [0, 0.05) is 48.9 Å². The normalized spacial score (nSPS) is 15.8. The van der Waals surface area contributed by atoms with E-state index in [1.54, 1.807) is 29.9 Å². The molecule has 1 atom stereocenters. The van der Waals surface area contributed by atoms with E-state index in [2.05, 4.69) is 16.8 Å². The minimum absolute atomic E-state index is 0.000328. The molecule has 0 bridgehead atoms. The van der Waals surface area contributed by atoms with Crippen LogP contribution in [-0.4, -0.2) is 47.7 Å². The van der Waals surface area contributed by atoms with E-state index in [-0.39, 0.29) is 25.9 Å². The third kappa shape index (κ3) is 6.20. The third-order valence-corrected chi connectivity index (χ3v) is 7.53. The highest BCUT2D eigenvalue weighted by Gasteiger charge is 2.41. The van der Waals surface area contributed by atoms with Crippen LogP contribution in [0.15, 0.2) is 36.5 Å². The molecule has 0 spiro atoms. The number of hydrogen-bond acceptors (Lipinski definition) is 6. The molecule has 1 saturated heterocycles. The van der Waals surface area contributed by atoms with Crippen LogP contribution in [0.4, 0.5) is 17.6 Å². The number of nitrogens with two attached hydrogens (primary N) is 1. The van der Waals surface area contributed by atoms with Gasteiger partial charge in [-0.25, -0.2) is 23.0 Å². The topological polar surface area (TPSA) is 101 Å². The Morgan fingerprint density at radius 1 is 1.23 bits per heavy atom. The number of benzene rings is 2. The molecule has 1 aliphatic rings. The molecule has 1 aromatic heterocycles. The van der Waals surface area contributed by atoms with Crippen LogP contribution in [0.25, 0.3) is 10.9 Å². The summed E-state index contributed by atoms with van der Waals surface area (Å²) in [6, 6.07) is 6.32. The van der Waals surface area contributed by atoms with E-state index < -0.39 is 40.5 Å². The highest BCUT2D eigenvalue weighted by atomic mass is 19.1. The van der Waals surface area contributed by atoms with Gasteiger partial charge in [-0.3, -0.25) is 19.9 Å². The smallest absolute Gasteiger partial charge is 0.249 e. The first-order chi connectivity index (χ1) is 19.2. The molecule has 2 aromatic carbocycles. The predicted molar refractivity (Wildman–Crippen MR) is 140 cm³/mol. The van der Waals surface area contributed by atoms with Gasteiger partial charge in [0.25, 0.3) is 0 Å². The number of pyridine rings is 1. The molecule has 1 amide bonds. The van der Waals surface area contributed by atoms with E-state index in [0.29, 0.717) is 65.8 Å². The van der Waals surface area contributed by atoms with Gasteiger partial charge in [-0.1, -0.05) is 11.8 Å². The van der Waals surface area contributed by atoms with Gasteiger partial charge in [-0.15, -0.1) is 0 Å². The Balaban J connectivity index is 1.47. The first kappa shape index (κ1) is 29.3. The number of fused-ring (bicyclic) bond motifs is 1. The number of alkyl halides is 1. The second-order valence-corrected chi connectivity index (χ2v) is 9.83. The molecule has 11 heteroatoms. The van der Waals surface area contributed by atoms with Crippen LogP contribution in [0.3, 0.4) is 0 Å². The largest absolute Gasteiger partial charge is 0.497 e. The van der Waals surface area contributed by atoms with Crippen molar-refractivity contribution in [3.05, 3.63) is 70.7 Å². The molecule has 212 valence electrons. The molecule has 7 nitrogen and oxygen atoms in total. The Kier molecular flexibility index (Phi) is 9.25. The molecule has 0 aliphatic carbocycles. The van der Waals surface area contributed by atoms with E-state index >= 15 is 4.39 Å². The fourth-order valence-electron chi connectivity index (χ4n) is 5.19. The fourth-order valence-corrected chi connectivity index (χ4v) is 5.19. The van der Waals surface area contributed by atoms with Crippen molar-refractivity contribution in [2.75, 3.05) is 26.7 Å². The summed E-state index contributed by atoms with van der Waals surface area (Å²) < 4.78 is 62.0. The quantitative estimate of drug-likeness (QED) is 0.162. The number of rotatable bonds is 8. The van der Waals surface area contributed by atoms with Gasteiger partial charge in [0.05, 0.1) is 30.1 Å². The Morgan fingerprint density at radius 2 is 1.93 bits per heavy atom. The van der Waals surface area contributed by atoms with E-state index in [4.69, 9.17) is 10.5 Å². The van der Waals surface area contributed by atoms with Crippen LogP contribution in [0.1, 0.15) is 48.5 Å². The monoisotopic (exact) mass is 558 g/mol. The number of piperidine rings is 1. The number of hydroxylamine groups is 1. The molecule has 3 aromatic rings. The molecule has 1 aliphatic heterocycles. The summed E-state index contributed by atoms with van der Waals surface area (Å²) in [5, 5.41) is 10.0. The van der Waals surface area contributed by atoms with Crippen molar-refractivity contribution in [1.29, 1.82) is 0 Å². The van der Waals surface area contributed by atoms with Gasteiger partial charge in [0.1, 0.15) is 29.4 Å². The van der Waals surface area contributed by atoms with Gasteiger partial charge in [-0.2, -0.15) is 0 Å². The average Bonchev–Trinajstić information content (AvgIpc) is 2.96. The number of hydrogen-bond donors (Lipinski definition) is 3. The molecule has 4 N–H and O–H groups in total. The van der Waals surface area contributed by atoms with E-state index in [1.807, 2.05) is 4.90 Å². The van der Waals surface area contributed by atoms with Crippen LogP contribution in [0.5, 0.6) is 5.75 Å². The van der Waals surface area contributed by atoms with Gasteiger partial charge in [0.2, 0.25) is 5.91 Å². The maximum atomic E-state index is 15.9. The summed E-state index contributed by atoms with van der Waals surface area (Å²) in [7, 11) is 1.52. The Hall–Kier alpha value is -3.72. The van der Waals surface area contributed by atoms with Crippen molar-refractivity contribution in [2.45, 2.75) is 38.4 Å². The van der Waals surface area contributed by atoms with E-state index in [1.165, 1.54) is 7.11 Å². The number of halogens is 4. The highest BCUT2D eigenvalue weighted by molar-refractivity contribution is 5.85. The van der Waals surface area contributed by atoms with E-state index in [0.717, 1.165) is 0 Å². The minimum atomic E-state index is -1.45. The van der Waals surface area contributed by atoms with Crippen molar-refractivity contribution in [2.24, 2.45) is 11.1 Å². The number of amides is 1. The maximum Gasteiger partial charge on any atom is 0.249 e. The highest BCUT2D eigenvalue weighted by Crippen LogP contribution is 2.41. The lowest BCUT2D eigenvalue weighted by Crippen LogP contribution is -2.48. The number of likely N-dealkylation sites (tertiary alicyclic amines) is 1. The summed E-state index contributed by atoms with van der Waals surface area (Å²) >= 11 is 0. The van der Waals surface area contributed by atoms with Crippen molar-refractivity contribution >= 4 is 16.8 Å². The second-order valence-electron chi connectivity index (χ2n) is 9.83. The molecule has 2 heterocycles. The van der Waals surface area contributed by atoms with Crippen LogP contribution < -0.4 is 16.0 Å². The fraction of sp³-hybridized carbons (Fsp3) is 0.379. The molecular weight excluding hydrogens is 528 g/mol. The zero-order valence-electron chi connectivity index (χ0n) is 21.9. The second kappa shape index (κ2) is 12.6. The van der Waals surface area contributed by atoms with Gasteiger partial charge in [-0.05, 0) is 49.4 Å². The SMILES string of the molecule is COc1ccc2ncc(CN)c(C(F)CCC3(C(=O)NO)CCN(CC#Cc4c(F)cc(F)cc4F)CC3)c2c1. The average molecular weight is 559 g/mol. The summed E-state index contributed by atoms with van der Waals surface area (Å²) in [4.78, 5) is 19.0. The lowest BCUT2D eigenvalue weighted by Gasteiger charge is -2.40. The van der Waals surface area contributed by atoms with Crippen molar-refractivity contribution < 1.29 is 32.3 Å². The molecule has 40 heavy (non-hydrogen) atoms. The number of carbonyl (C=O) groups excluding carboxylic acids is 1. The molecular formula is C29H30F4N4O3. The van der Waals surface area contributed by atoms with Crippen LogP contribution in [-0.2, 0) is 11.3 Å². The lowest BCUT2D eigenvalue weighted by atomic mass is 9.73.